The molecule has 0 saturated carbocycles. The largest absolute Gasteiger partial charge is 0.490 e. The molecule has 0 aromatic heterocycles. The first-order valence-corrected chi connectivity index (χ1v) is 6.80. The highest BCUT2D eigenvalue weighted by Crippen LogP contribution is 2.31. The van der Waals surface area contributed by atoms with Gasteiger partial charge in [-0.15, -0.1) is 0 Å². The van der Waals surface area contributed by atoms with Crippen LogP contribution >= 0.6 is 0 Å². The highest BCUT2D eigenvalue weighted by molar-refractivity contribution is 5.37. The van der Waals surface area contributed by atoms with Gasteiger partial charge in [0.1, 0.15) is 11.9 Å². The van der Waals surface area contributed by atoms with E-state index in [9.17, 15) is 5.11 Å². The fourth-order valence-corrected chi connectivity index (χ4v) is 2.60. The first kappa shape index (κ1) is 12.2. The van der Waals surface area contributed by atoms with Crippen LogP contribution in [-0.4, -0.2) is 11.2 Å². The molecule has 0 radical (unpaired) electrons. The molecule has 2 unspecified atom stereocenters. The summed E-state index contributed by atoms with van der Waals surface area (Å²) in [6.45, 7) is 0. The summed E-state index contributed by atoms with van der Waals surface area (Å²) in [5.41, 5.74) is 2.26. The van der Waals surface area contributed by atoms with Crippen molar-refractivity contribution in [2.45, 2.75) is 31.5 Å². The van der Waals surface area contributed by atoms with Gasteiger partial charge < -0.3 is 9.84 Å². The highest BCUT2D eigenvalue weighted by Gasteiger charge is 2.23. The molecule has 0 aliphatic carbocycles. The number of aliphatic hydroxyl groups excluding tert-OH is 1. The van der Waals surface area contributed by atoms with E-state index in [0.717, 1.165) is 30.6 Å². The highest BCUT2D eigenvalue weighted by atomic mass is 16.5. The molecule has 0 fully saturated rings. The predicted octanol–water partition coefficient (Wildman–Crippen LogP) is 3.50. The van der Waals surface area contributed by atoms with Gasteiger partial charge in [0.15, 0.2) is 0 Å². The summed E-state index contributed by atoms with van der Waals surface area (Å²) in [4.78, 5) is 0. The molecule has 1 aliphatic rings. The Labute approximate surface area is 113 Å². The molecule has 1 aliphatic heterocycles. The van der Waals surface area contributed by atoms with E-state index in [-0.39, 0.29) is 6.10 Å². The van der Waals surface area contributed by atoms with Crippen molar-refractivity contribution in [3.8, 4) is 5.75 Å². The standard InChI is InChI=1S/C17H18O2/c18-16(13-6-2-1-3-7-13)11-10-15-12-14-8-4-5-9-17(14)19-15/h1-9,15-16,18H,10-12H2. The Balaban J connectivity index is 1.55. The van der Waals surface area contributed by atoms with E-state index in [1.165, 1.54) is 5.56 Å². The molecule has 2 heteroatoms. The molecule has 2 aromatic carbocycles. The smallest absolute Gasteiger partial charge is 0.123 e. The Morgan fingerprint density at radius 3 is 2.58 bits per heavy atom. The Morgan fingerprint density at radius 2 is 1.79 bits per heavy atom. The van der Waals surface area contributed by atoms with E-state index >= 15 is 0 Å². The average molecular weight is 254 g/mol. The van der Waals surface area contributed by atoms with Crippen LogP contribution in [-0.2, 0) is 6.42 Å². The van der Waals surface area contributed by atoms with E-state index in [2.05, 4.69) is 6.07 Å². The second-order valence-electron chi connectivity index (χ2n) is 5.06. The summed E-state index contributed by atoms with van der Waals surface area (Å²) >= 11 is 0. The lowest BCUT2D eigenvalue weighted by molar-refractivity contribution is 0.136. The summed E-state index contributed by atoms with van der Waals surface area (Å²) in [7, 11) is 0. The fourth-order valence-electron chi connectivity index (χ4n) is 2.60. The summed E-state index contributed by atoms with van der Waals surface area (Å²) in [5.74, 6) is 1.00. The zero-order valence-corrected chi connectivity index (χ0v) is 10.8. The molecule has 0 spiro atoms. The minimum atomic E-state index is -0.395. The van der Waals surface area contributed by atoms with Crippen molar-refractivity contribution >= 4 is 0 Å². The van der Waals surface area contributed by atoms with Gasteiger partial charge in [0.2, 0.25) is 0 Å². The normalized spacial score (nSPS) is 18.7. The number of rotatable bonds is 4. The van der Waals surface area contributed by atoms with Gasteiger partial charge in [-0.3, -0.25) is 0 Å². The van der Waals surface area contributed by atoms with Crippen LogP contribution in [0.25, 0.3) is 0 Å². The van der Waals surface area contributed by atoms with E-state index < -0.39 is 6.10 Å². The lowest BCUT2D eigenvalue weighted by Gasteiger charge is -2.14. The van der Waals surface area contributed by atoms with Crippen molar-refractivity contribution in [1.82, 2.24) is 0 Å². The molecule has 0 saturated heterocycles. The number of hydrogen-bond donors (Lipinski definition) is 1. The maximum Gasteiger partial charge on any atom is 0.123 e. The molecular formula is C17H18O2. The molecule has 0 bridgehead atoms. The van der Waals surface area contributed by atoms with Gasteiger partial charge >= 0.3 is 0 Å². The van der Waals surface area contributed by atoms with Crippen LogP contribution in [0, 0.1) is 0 Å². The van der Waals surface area contributed by atoms with Gasteiger partial charge in [-0.2, -0.15) is 0 Å². The number of hydrogen-bond acceptors (Lipinski definition) is 2. The molecule has 98 valence electrons. The quantitative estimate of drug-likeness (QED) is 0.904. The Hall–Kier alpha value is -1.80. The summed E-state index contributed by atoms with van der Waals surface area (Å²) in [6, 6.07) is 18.0. The van der Waals surface area contributed by atoms with Crippen LogP contribution in [0.5, 0.6) is 5.75 Å². The third-order valence-electron chi connectivity index (χ3n) is 3.66. The zero-order valence-electron chi connectivity index (χ0n) is 10.8. The van der Waals surface area contributed by atoms with Gasteiger partial charge in [0.05, 0.1) is 6.10 Å². The van der Waals surface area contributed by atoms with Crippen LogP contribution in [0.2, 0.25) is 0 Å². The van der Waals surface area contributed by atoms with Crippen molar-refractivity contribution in [2.75, 3.05) is 0 Å². The van der Waals surface area contributed by atoms with Crippen LogP contribution in [0.3, 0.4) is 0 Å². The first-order chi connectivity index (χ1) is 9.33. The van der Waals surface area contributed by atoms with Gasteiger partial charge in [-0.1, -0.05) is 48.5 Å². The molecule has 1 heterocycles. The molecule has 1 N–H and O–H groups in total. The monoisotopic (exact) mass is 254 g/mol. The molecule has 19 heavy (non-hydrogen) atoms. The van der Waals surface area contributed by atoms with Gasteiger partial charge in [-0.05, 0) is 30.0 Å². The molecule has 2 atom stereocenters. The molecule has 2 nitrogen and oxygen atoms in total. The molecule has 3 rings (SSSR count). The van der Waals surface area contributed by atoms with E-state index in [0.29, 0.717) is 0 Å². The van der Waals surface area contributed by atoms with Crippen molar-refractivity contribution in [1.29, 1.82) is 0 Å². The van der Waals surface area contributed by atoms with Crippen LogP contribution in [0.4, 0.5) is 0 Å². The van der Waals surface area contributed by atoms with Gasteiger partial charge in [0, 0.05) is 6.42 Å². The average Bonchev–Trinajstić information content (AvgIpc) is 2.88. The number of para-hydroxylation sites is 1. The number of ether oxygens (including phenoxy) is 1. The fraction of sp³-hybridized carbons (Fsp3) is 0.294. The first-order valence-electron chi connectivity index (χ1n) is 6.80. The summed E-state index contributed by atoms with van der Waals surface area (Å²) in [6.07, 6.45) is 2.38. The third-order valence-corrected chi connectivity index (χ3v) is 3.66. The molecular weight excluding hydrogens is 236 g/mol. The van der Waals surface area contributed by atoms with Crippen LogP contribution < -0.4 is 4.74 Å². The van der Waals surface area contributed by atoms with E-state index in [1.54, 1.807) is 0 Å². The second kappa shape index (κ2) is 5.45. The minimum Gasteiger partial charge on any atom is -0.490 e. The number of fused-ring (bicyclic) bond motifs is 1. The van der Waals surface area contributed by atoms with E-state index in [1.807, 2.05) is 48.5 Å². The van der Waals surface area contributed by atoms with Crippen LogP contribution in [0.1, 0.15) is 30.1 Å². The maximum absolute atomic E-state index is 10.1. The third kappa shape index (κ3) is 2.79. The minimum absolute atomic E-state index is 0.204. The van der Waals surface area contributed by atoms with Crippen molar-refractivity contribution in [3.63, 3.8) is 0 Å². The number of aliphatic hydroxyl groups is 1. The lowest BCUT2D eigenvalue weighted by Crippen LogP contribution is -2.14. The van der Waals surface area contributed by atoms with Crippen molar-refractivity contribution in [2.24, 2.45) is 0 Å². The lowest BCUT2D eigenvalue weighted by atomic mass is 10.0. The Morgan fingerprint density at radius 1 is 1.05 bits per heavy atom. The number of benzene rings is 2. The van der Waals surface area contributed by atoms with E-state index in [4.69, 9.17) is 4.74 Å². The van der Waals surface area contributed by atoms with Gasteiger partial charge in [0.25, 0.3) is 0 Å². The second-order valence-corrected chi connectivity index (χ2v) is 5.06. The SMILES string of the molecule is OC(CCC1Cc2ccccc2O1)c1ccccc1. The zero-order chi connectivity index (χ0) is 13.1. The topological polar surface area (TPSA) is 29.5 Å². The summed E-state index contributed by atoms with van der Waals surface area (Å²) in [5, 5.41) is 10.1. The summed E-state index contributed by atoms with van der Waals surface area (Å²) < 4.78 is 5.88. The Bertz CT molecular complexity index is 511. The predicted molar refractivity (Wildman–Crippen MR) is 75.2 cm³/mol. The van der Waals surface area contributed by atoms with Crippen molar-refractivity contribution < 1.29 is 9.84 Å². The maximum atomic E-state index is 10.1. The van der Waals surface area contributed by atoms with Crippen LogP contribution in [0.15, 0.2) is 54.6 Å². The molecule has 0 amide bonds. The van der Waals surface area contributed by atoms with Crippen molar-refractivity contribution in [3.05, 3.63) is 65.7 Å². The Kier molecular flexibility index (Phi) is 3.51. The van der Waals surface area contributed by atoms with Gasteiger partial charge in [-0.25, -0.2) is 0 Å². The molecule has 2 aromatic rings.